The molecule has 13 heavy (non-hydrogen) atoms. The molecule has 0 bridgehead atoms. The summed E-state index contributed by atoms with van der Waals surface area (Å²) in [4.78, 5) is 0. The van der Waals surface area contributed by atoms with Crippen LogP contribution >= 0.6 is 0 Å². The summed E-state index contributed by atoms with van der Waals surface area (Å²) in [5.74, 6) is 0.0902. The third-order valence-electron chi connectivity index (χ3n) is 2.66. The van der Waals surface area contributed by atoms with Crippen LogP contribution in [0.5, 0.6) is 0 Å². The second-order valence-electron chi connectivity index (χ2n) is 3.72. The molecule has 4 heteroatoms. The molecule has 0 saturated heterocycles. The van der Waals surface area contributed by atoms with Gasteiger partial charge in [-0.15, -0.1) is 0 Å². The highest BCUT2D eigenvalue weighted by Gasteiger charge is 2.47. The molecule has 0 spiro atoms. The summed E-state index contributed by atoms with van der Waals surface area (Å²) in [6.07, 6.45) is 3.62. The van der Waals surface area contributed by atoms with Gasteiger partial charge >= 0.3 is 0 Å². The van der Waals surface area contributed by atoms with Crippen molar-refractivity contribution in [2.45, 2.75) is 18.5 Å². The van der Waals surface area contributed by atoms with Crippen LogP contribution in [0.1, 0.15) is 18.5 Å². The van der Waals surface area contributed by atoms with E-state index in [9.17, 15) is 4.39 Å². The number of nitrogens with zero attached hydrogens (tertiary/aromatic N) is 2. The predicted molar refractivity (Wildman–Crippen MR) is 47.8 cm³/mol. The second kappa shape index (κ2) is 2.80. The Labute approximate surface area is 76.7 Å². The van der Waals surface area contributed by atoms with Gasteiger partial charge < -0.3 is 5.73 Å². The molecule has 1 saturated carbocycles. The Hall–Kier alpha value is -0.900. The molecule has 1 aromatic heterocycles. The van der Waals surface area contributed by atoms with Gasteiger partial charge in [0.1, 0.15) is 5.69 Å². The van der Waals surface area contributed by atoms with Crippen LogP contribution in [0.4, 0.5) is 4.39 Å². The van der Waals surface area contributed by atoms with E-state index in [2.05, 4.69) is 5.10 Å². The van der Waals surface area contributed by atoms with Crippen molar-refractivity contribution >= 4 is 0 Å². The average Bonchev–Trinajstić information content (AvgIpc) is 2.89. The molecule has 1 aliphatic rings. The Morgan fingerprint density at radius 3 is 2.85 bits per heavy atom. The summed E-state index contributed by atoms with van der Waals surface area (Å²) >= 11 is 0. The van der Waals surface area contributed by atoms with Crippen molar-refractivity contribution in [1.29, 1.82) is 0 Å². The van der Waals surface area contributed by atoms with Gasteiger partial charge in [-0.1, -0.05) is 0 Å². The maximum Gasteiger partial charge on any atom is 0.169 e. The zero-order valence-corrected chi connectivity index (χ0v) is 7.70. The maximum atomic E-state index is 14.3. The standard InChI is InChI=1S/C9H14FN3/c1-13-5-4-8(12-13)9(10,6-11)7-2-3-7/h4-5,7H,2-3,6,11H2,1H3. The lowest BCUT2D eigenvalue weighted by Gasteiger charge is -2.20. The molecule has 1 heterocycles. The molecule has 0 aliphatic heterocycles. The molecule has 3 nitrogen and oxygen atoms in total. The summed E-state index contributed by atoms with van der Waals surface area (Å²) in [7, 11) is 1.79. The van der Waals surface area contributed by atoms with Crippen LogP contribution in [-0.2, 0) is 12.7 Å². The quantitative estimate of drug-likeness (QED) is 0.758. The van der Waals surface area contributed by atoms with Crippen molar-refractivity contribution in [3.63, 3.8) is 0 Å². The van der Waals surface area contributed by atoms with Crippen molar-refractivity contribution in [2.24, 2.45) is 18.7 Å². The fourth-order valence-electron chi connectivity index (χ4n) is 1.66. The van der Waals surface area contributed by atoms with Crippen LogP contribution in [0, 0.1) is 5.92 Å². The van der Waals surface area contributed by atoms with Crippen LogP contribution in [0.25, 0.3) is 0 Å². The highest BCUT2D eigenvalue weighted by atomic mass is 19.1. The molecule has 0 amide bonds. The number of hydrogen-bond donors (Lipinski definition) is 1. The van der Waals surface area contributed by atoms with E-state index in [1.165, 1.54) is 0 Å². The van der Waals surface area contributed by atoms with E-state index >= 15 is 0 Å². The second-order valence-corrected chi connectivity index (χ2v) is 3.72. The molecule has 1 unspecified atom stereocenters. The Morgan fingerprint density at radius 2 is 2.46 bits per heavy atom. The van der Waals surface area contributed by atoms with Crippen molar-refractivity contribution < 1.29 is 4.39 Å². The maximum absolute atomic E-state index is 14.3. The van der Waals surface area contributed by atoms with Crippen molar-refractivity contribution in [3.8, 4) is 0 Å². The first-order valence-electron chi connectivity index (χ1n) is 4.56. The fraction of sp³-hybridized carbons (Fsp3) is 0.667. The number of aryl methyl sites for hydroxylation is 1. The van der Waals surface area contributed by atoms with E-state index in [4.69, 9.17) is 5.73 Å². The lowest BCUT2D eigenvalue weighted by Crippen LogP contribution is -2.33. The SMILES string of the molecule is Cn1ccc(C(F)(CN)C2CC2)n1. The van der Waals surface area contributed by atoms with Gasteiger partial charge in [0.15, 0.2) is 5.67 Å². The summed E-state index contributed by atoms with van der Waals surface area (Å²) in [5.41, 5.74) is 4.56. The van der Waals surface area contributed by atoms with Crippen molar-refractivity contribution in [3.05, 3.63) is 18.0 Å². The van der Waals surface area contributed by atoms with E-state index in [0.717, 1.165) is 12.8 Å². The Morgan fingerprint density at radius 1 is 1.77 bits per heavy atom. The predicted octanol–water partition coefficient (Wildman–Crippen LogP) is 0.954. The third-order valence-corrected chi connectivity index (χ3v) is 2.66. The van der Waals surface area contributed by atoms with Crippen LogP contribution in [0.2, 0.25) is 0 Å². The molecule has 0 radical (unpaired) electrons. The first kappa shape index (κ1) is 8.69. The summed E-state index contributed by atoms with van der Waals surface area (Å²) in [6, 6.07) is 1.71. The zero-order valence-electron chi connectivity index (χ0n) is 7.70. The van der Waals surface area contributed by atoms with E-state index in [0.29, 0.717) is 5.69 Å². The smallest absolute Gasteiger partial charge is 0.169 e. The molecule has 1 aromatic rings. The molecule has 0 aromatic carbocycles. The van der Waals surface area contributed by atoms with Gasteiger partial charge in [0, 0.05) is 25.7 Å². The number of halogens is 1. The molecular weight excluding hydrogens is 169 g/mol. The fourth-order valence-corrected chi connectivity index (χ4v) is 1.66. The van der Waals surface area contributed by atoms with Gasteiger partial charge in [0.05, 0.1) is 0 Å². The monoisotopic (exact) mass is 183 g/mol. The van der Waals surface area contributed by atoms with Gasteiger partial charge in [-0.05, 0) is 18.9 Å². The Balaban J connectivity index is 2.29. The van der Waals surface area contributed by atoms with E-state index in [-0.39, 0.29) is 12.5 Å². The summed E-state index contributed by atoms with van der Waals surface area (Å²) < 4.78 is 15.9. The van der Waals surface area contributed by atoms with Gasteiger partial charge in [0.25, 0.3) is 0 Å². The number of aromatic nitrogens is 2. The normalized spacial score (nSPS) is 21.5. The minimum absolute atomic E-state index is 0.0364. The van der Waals surface area contributed by atoms with Crippen LogP contribution in [0.3, 0.4) is 0 Å². The van der Waals surface area contributed by atoms with E-state index in [1.807, 2.05) is 0 Å². The minimum Gasteiger partial charge on any atom is -0.327 e. The Bertz CT molecular complexity index is 306. The molecule has 1 fully saturated rings. The number of alkyl halides is 1. The minimum atomic E-state index is -1.39. The van der Waals surface area contributed by atoms with Crippen molar-refractivity contribution in [2.75, 3.05) is 6.54 Å². The Kier molecular flexibility index (Phi) is 1.87. The first-order chi connectivity index (χ1) is 6.16. The van der Waals surface area contributed by atoms with Gasteiger partial charge in [-0.2, -0.15) is 5.10 Å². The number of rotatable bonds is 3. The molecule has 72 valence electrons. The first-order valence-corrected chi connectivity index (χ1v) is 4.56. The third kappa shape index (κ3) is 1.35. The molecule has 1 aliphatic carbocycles. The number of hydrogen-bond acceptors (Lipinski definition) is 2. The van der Waals surface area contributed by atoms with Crippen LogP contribution < -0.4 is 5.73 Å². The van der Waals surface area contributed by atoms with Gasteiger partial charge in [-0.25, -0.2) is 4.39 Å². The summed E-state index contributed by atoms with van der Waals surface area (Å²) in [6.45, 7) is 0.0364. The van der Waals surface area contributed by atoms with Gasteiger partial charge in [0.2, 0.25) is 0 Å². The topological polar surface area (TPSA) is 43.8 Å². The summed E-state index contributed by atoms with van der Waals surface area (Å²) in [5, 5.41) is 4.08. The van der Waals surface area contributed by atoms with Crippen molar-refractivity contribution in [1.82, 2.24) is 9.78 Å². The van der Waals surface area contributed by atoms with Crippen LogP contribution in [0.15, 0.2) is 12.3 Å². The molecule has 2 N–H and O–H groups in total. The zero-order chi connectivity index (χ0) is 9.47. The molecule has 2 rings (SSSR count). The van der Waals surface area contributed by atoms with E-state index < -0.39 is 5.67 Å². The van der Waals surface area contributed by atoms with E-state index in [1.54, 1.807) is 24.0 Å². The van der Waals surface area contributed by atoms with Gasteiger partial charge in [-0.3, -0.25) is 4.68 Å². The molecule has 1 atom stereocenters. The lowest BCUT2D eigenvalue weighted by atomic mass is 9.96. The highest BCUT2D eigenvalue weighted by Crippen LogP contribution is 2.47. The highest BCUT2D eigenvalue weighted by molar-refractivity contribution is 5.16. The van der Waals surface area contributed by atoms with Crippen LogP contribution in [-0.4, -0.2) is 16.3 Å². The number of nitrogens with two attached hydrogens (primary N) is 1. The lowest BCUT2D eigenvalue weighted by molar-refractivity contribution is 0.136. The largest absolute Gasteiger partial charge is 0.327 e. The molecular formula is C9H14FN3. The average molecular weight is 183 g/mol.